The second-order valence-corrected chi connectivity index (χ2v) is 28.6. The number of benzene rings is 8. The first kappa shape index (κ1) is 73.0. The van der Waals surface area contributed by atoms with Crippen LogP contribution in [-0.4, -0.2) is 45.1 Å². The van der Waals surface area contributed by atoms with Gasteiger partial charge in [-0.2, -0.15) is 52.7 Å². The predicted molar refractivity (Wildman–Crippen MR) is 367 cm³/mol. The zero-order chi connectivity index (χ0) is 73.6. The van der Waals surface area contributed by atoms with Gasteiger partial charge in [-0.1, -0.05) is 135 Å². The summed E-state index contributed by atoms with van der Waals surface area (Å²) in [6.45, 7) is 10.2. The molecule has 4 heterocycles. The molecule has 1 saturated heterocycles. The topological polar surface area (TPSA) is 201 Å². The fraction of sp³-hybridized carbons (Fsp3) is 0.377. The van der Waals surface area contributed by atoms with Crippen molar-refractivity contribution in [3.05, 3.63) is 259 Å². The SMILES string of the molecule is CCC1CC2NC3CC(NC4NC(NC5NC(NC1c1ccc(CNc6ccc(C(C)(C)O)cc6)cc12)c1cc(CNc2ccc(C(O)(C(F)(F)F)C(F)(F)F)cc2)ccc15)c1cc(CNc2ccc(C(O)(C(F)(F)F)C(F)(F)F)cc2)ccc14)c1cc(CNc2ccc(C(C)(C)O)cc2)ccc13. The molecule has 8 bridgehead atoms. The maximum absolute atomic E-state index is 13.9. The Labute approximate surface area is 587 Å². The van der Waals surface area contributed by atoms with E-state index in [1.807, 2.05) is 84.9 Å². The molecule has 0 spiro atoms. The Bertz CT molecular complexity index is 4340. The second-order valence-electron chi connectivity index (χ2n) is 28.6. The third-order valence-corrected chi connectivity index (χ3v) is 20.8. The van der Waals surface area contributed by atoms with Crippen molar-refractivity contribution in [1.82, 2.24) is 31.9 Å². The lowest BCUT2D eigenvalue weighted by atomic mass is 9.74. The molecule has 26 heteroatoms. The van der Waals surface area contributed by atoms with E-state index in [1.54, 1.807) is 27.7 Å². The van der Waals surface area contributed by atoms with Crippen LogP contribution >= 0.6 is 0 Å². The fourth-order valence-corrected chi connectivity index (χ4v) is 15.1. The number of aliphatic hydroxyl groups is 4. The van der Waals surface area contributed by atoms with Gasteiger partial charge in [-0.25, -0.2) is 0 Å². The molecule has 9 unspecified atom stereocenters. The predicted octanol–water partition coefficient (Wildman–Crippen LogP) is 15.9. The summed E-state index contributed by atoms with van der Waals surface area (Å²) in [4.78, 5) is 0. The zero-order valence-corrected chi connectivity index (χ0v) is 56.6. The Morgan fingerprint density at radius 2 is 0.612 bits per heavy atom. The van der Waals surface area contributed by atoms with E-state index in [9.17, 15) is 73.1 Å². The van der Waals surface area contributed by atoms with E-state index in [2.05, 4.69) is 96.5 Å². The minimum absolute atomic E-state index is 0.0645. The number of anilines is 4. The number of rotatable bonds is 17. The van der Waals surface area contributed by atoms with Crippen molar-refractivity contribution in [3.8, 4) is 0 Å². The van der Waals surface area contributed by atoms with Gasteiger partial charge >= 0.3 is 24.7 Å². The molecule has 103 heavy (non-hydrogen) atoms. The van der Waals surface area contributed by atoms with Gasteiger partial charge in [0.05, 0.1) is 35.9 Å². The van der Waals surface area contributed by atoms with Gasteiger partial charge in [-0.05, 0) is 173 Å². The number of halogens is 12. The summed E-state index contributed by atoms with van der Waals surface area (Å²) in [7, 11) is 0. The number of hydrogen-bond donors (Lipinski definition) is 14. The molecule has 9 atom stereocenters. The fourth-order valence-electron chi connectivity index (χ4n) is 15.1. The molecule has 8 aromatic carbocycles. The summed E-state index contributed by atoms with van der Waals surface area (Å²) >= 11 is 0. The van der Waals surface area contributed by atoms with Crippen molar-refractivity contribution in [2.45, 2.75) is 176 Å². The van der Waals surface area contributed by atoms with E-state index in [1.165, 1.54) is 0 Å². The van der Waals surface area contributed by atoms with Gasteiger partial charge in [0.1, 0.15) is 0 Å². The van der Waals surface area contributed by atoms with E-state index in [-0.39, 0.29) is 54.5 Å². The van der Waals surface area contributed by atoms with Crippen LogP contribution < -0.4 is 53.2 Å². The molecule has 0 amide bonds. The highest BCUT2D eigenvalue weighted by Gasteiger charge is 2.72. The van der Waals surface area contributed by atoms with Gasteiger partial charge in [0.15, 0.2) is 0 Å². The molecular formula is C77H80F12N10O4. The molecule has 1 fully saturated rings. The first-order valence-corrected chi connectivity index (χ1v) is 34.1. The van der Waals surface area contributed by atoms with Crippen LogP contribution in [0.3, 0.4) is 0 Å². The third kappa shape index (κ3) is 14.4. The van der Waals surface area contributed by atoms with Crippen LogP contribution in [0.2, 0.25) is 0 Å². The van der Waals surface area contributed by atoms with E-state index < -0.39 is 82.9 Å². The van der Waals surface area contributed by atoms with Crippen LogP contribution in [0.1, 0.15) is 192 Å². The van der Waals surface area contributed by atoms with Gasteiger partial charge < -0.3 is 47.0 Å². The lowest BCUT2D eigenvalue weighted by molar-refractivity contribution is -0.376. The van der Waals surface area contributed by atoms with Crippen LogP contribution in [0, 0.1) is 5.92 Å². The Morgan fingerprint density at radius 1 is 0.320 bits per heavy atom. The van der Waals surface area contributed by atoms with Gasteiger partial charge in [0.25, 0.3) is 11.2 Å². The molecular weight excluding hydrogens is 1360 g/mol. The van der Waals surface area contributed by atoms with E-state index in [0.29, 0.717) is 54.9 Å². The van der Waals surface area contributed by atoms with Crippen LogP contribution in [0.4, 0.5) is 75.4 Å². The number of hydrogen-bond acceptors (Lipinski definition) is 14. The lowest BCUT2D eigenvalue weighted by Crippen LogP contribution is -2.53. The van der Waals surface area contributed by atoms with Crippen molar-refractivity contribution in [3.63, 3.8) is 0 Å². The van der Waals surface area contributed by atoms with Crippen LogP contribution in [-0.2, 0) is 48.6 Å². The first-order valence-electron chi connectivity index (χ1n) is 34.1. The van der Waals surface area contributed by atoms with Crippen LogP contribution in [0.25, 0.3) is 0 Å². The molecule has 6 aliphatic rings. The summed E-state index contributed by atoms with van der Waals surface area (Å²) in [5, 5.41) is 78.8. The van der Waals surface area contributed by atoms with Crippen molar-refractivity contribution in [1.29, 1.82) is 0 Å². The van der Waals surface area contributed by atoms with Gasteiger partial charge in [-0.3, -0.25) is 26.6 Å². The maximum atomic E-state index is 13.9. The Balaban J connectivity index is 0.867. The van der Waals surface area contributed by atoms with Gasteiger partial charge in [0.2, 0.25) is 0 Å². The normalized spacial score (nSPS) is 22.2. The smallest absolute Gasteiger partial charge is 0.386 e. The number of fused-ring (bicyclic) bond motifs is 4. The van der Waals surface area contributed by atoms with Crippen LogP contribution in [0.5, 0.6) is 0 Å². The number of nitrogens with one attached hydrogen (secondary N) is 10. The van der Waals surface area contributed by atoms with E-state index >= 15 is 0 Å². The standard InChI is InChI=1S/C77H80F12N10O4/c1-6-45-35-62-59-32-42(38-91-51-21-13-47(14-22-51)71(4,5)101)8-28-55(59)65(45)96-68-60-33-43(39-92-52-23-15-48(16-24-52)72(102,74(78,79)80)75(81,82)83)10-30-57(60)67(98-68)99-69-61-34-44(40-93-53-25-17-49(18-26-53)73(103,76(84,85)86)77(87,88)89)9-29-56(61)66(97-69)95-64-36-63(94-62)54-27-7-41(31-58(54)64)37-90-50-19-11-46(12-20-50)70(2,3)100/h7-34,45,62-69,90-103H,6,35-40H2,1-5H3. The zero-order valence-electron chi connectivity index (χ0n) is 56.6. The first-order chi connectivity index (χ1) is 48.5. The second kappa shape index (κ2) is 27.3. The molecule has 546 valence electrons. The molecule has 14 nitrogen and oxygen atoms in total. The average molecular weight is 1440 g/mol. The molecule has 0 saturated carbocycles. The molecule has 0 radical (unpaired) electrons. The number of alkyl halides is 12. The quantitative estimate of drug-likeness (QED) is 0.0384. The highest BCUT2D eigenvalue weighted by Crippen LogP contribution is 2.53. The van der Waals surface area contributed by atoms with Crippen molar-refractivity contribution >= 4 is 22.7 Å². The van der Waals surface area contributed by atoms with Gasteiger partial charge in [-0.15, -0.1) is 0 Å². The van der Waals surface area contributed by atoms with Gasteiger partial charge in [0, 0.05) is 84.2 Å². The largest absolute Gasteiger partial charge is 0.430 e. The van der Waals surface area contributed by atoms with E-state index in [0.717, 1.165) is 115 Å². The van der Waals surface area contributed by atoms with Crippen molar-refractivity contribution < 1.29 is 73.1 Å². The molecule has 14 rings (SSSR count). The third-order valence-electron chi connectivity index (χ3n) is 20.8. The van der Waals surface area contributed by atoms with E-state index in [4.69, 9.17) is 0 Å². The Kier molecular flexibility index (Phi) is 19.4. The molecule has 4 aliphatic heterocycles. The molecule has 8 aromatic rings. The highest BCUT2D eigenvalue weighted by atomic mass is 19.4. The summed E-state index contributed by atoms with van der Waals surface area (Å²) in [6.07, 6.45) is -24.3. The lowest BCUT2D eigenvalue weighted by Gasteiger charge is -2.41. The summed E-state index contributed by atoms with van der Waals surface area (Å²) in [5.41, 5.74) is -0.0946. The minimum atomic E-state index is -6.06. The monoisotopic (exact) mass is 1440 g/mol. The Hall–Kier alpha value is -8.28. The molecule has 14 N–H and O–H groups in total. The molecule has 0 aromatic heterocycles. The summed E-state index contributed by atoms with van der Waals surface area (Å²) in [6, 6.07) is 45.9. The summed E-state index contributed by atoms with van der Waals surface area (Å²) < 4.78 is 166. The maximum Gasteiger partial charge on any atom is 0.430 e. The minimum Gasteiger partial charge on any atom is -0.386 e. The average Bonchev–Trinajstić information content (AvgIpc) is 1.52. The van der Waals surface area contributed by atoms with Crippen molar-refractivity contribution in [2.75, 3.05) is 21.3 Å². The summed E-state index contributed by atoms with van der Waals surface area (Å²) in [5.74, 6) is 0.0645. The highest BCUT2D eigenvalue weighted by molar-refractivity contribution is 5.54. The Morgan fingerprint density at radius 3 is 0.971 bits per heavy atom. The van der Waals surface area contributed by atoms with Crippen LogP contribution in [0.15, 0.2) is 170 Å². The van der Waals surface area contributed by atoms with Crippen molar-refractivity contribution in [2.24, 2.45) is 5.92 Å². The molecule has 2 aliphatic carbocycles.